The number of ether oxygens (including phenoxy) is 4. The second-order valence-electron chi connectivity index (χ2n) is 18.9. The van der Waals surface area contributed by atoms with Gasteiger partial charge in [-0.15, -0.1) is 0 Å². The number of alkyl carbamates (subject to hydrolysis) is 2. The van der Waals surface area contributed by atoms with E-state index in [0.717, 1.165) is 22.3 Å². The summed E-state index contributed by atoms with van der Waals surface area (Å²) in [5.74, 6) is 0.614. The van der Waals surface area contributed by atoms with E-state index in [2.05, 4.69) is 16.0 Å². The fourth-order valence-electron chi connectivity index (χ4n) is 6.44. The van der Waals surface area contributed by atoms with E-state index >= 15 is 0 Å². The highest BCUT2D eigenvalue weighted by atomic mass is 16.6. The van der Waals surface area contributed by atoms with Gasteiger partial charge >= 0.3 is 12.2 Å². The van der Waals surface area contributed by atoms with E-state index in [-0.39, 0.29) is 43.0 Å². The van der Waals surface area contributed by atoms with Crippen molar-refractivity contribution in [2.75, 3.05) is 6.54 Å². The maximum absolute atomic E-state index is 14.7. The van der Waals surface area contributed by atoms with Gasteiger partial charge in [-0.2, -0.15) is 0 Å². The van der Waals surface area contributed by atoms with E-state index in [1.54, 1.807) is 46.4 Å². The van der Waals surface area contributed by atoms with Crippen LogP contribution in [0.2, 0.25) is 0 Å². The van der Waals surface area contributed by atoms with Crippen molar-refractivity contribution in [3.05, 3.63) is 95.1 Å². The quantitative estimate of drug-likeness (QED) is 0.169. The zero-order valence-corrected chi connectivity index (χ0v) is 36.4. The van der Waals surface area contributed by atoms with Gasteiger partial charge in [0, 0.05) is 25.9 Å². The van der Waals surface area contributed by atoms with Gasteiger partial charge in [0.25, 0.3) is 0 Å². The molecular formula is C46H64N4O8. The third kappa shape index (κ3) is 15.2. The molecule has 12 heteroatoms. The summed E-state index contributed by atoms with van der Waals surface area (Å²) in [4.78, 5) is 56.7. The Labute approximate surface area is 344 Å². The third-order valence-corrected chi connectivity index (χ3v) is 8.72. The number of hydrogen-bond donors (Lipinski definition) is 3. The van der Waals surface area contributed by atoms with Crippen LogP contribution >= 0.6 is 0 Å². The first-order chi connectivity index (χ1) is 26.8. The smallest absolute Gasteiger partial charge is 0.408 e. The molecule has 1 aliphatic rings. The molecule has 0 spiro atoms. The molecule has 316 valence electrons. The lowest BCUT2D eigenvalue weighted by Gasteiger charge is -2.39. The van der Waals surface area contributed by atoms with Gasteiger partial charge in [-0.05, 0) is 136 Å². The van der Waals surface area contributed by atoms with Crippen LogP contribution in [0.5, 0.6) is 11.5 Å². The molecule has 0 bridgehead atoms. The van der Waals surface area contributed by atoms with E-state index < -0.39 is 47.4 Å². The number of benzene rings is 3. The molecule has 1 heterocycles. The molecule has 3 aromatic carbocycles. The van der Waals surface area contributed by atoms with Crippen molar-refractivity contribution in [1.29, 1.82) is 0 Å². The highest BCUT2D eigenvalue weighted by Crippen LogP contribution is 2.26. The van der Waals surface area contributed by atoms with Gasteiger partial charge < -0.3 is 39.8 Å². The van der Waals surface area contributed by atoms with E-state index in [1.165, 1.54) is 0 Å². The number of carbonyl (C=O) groups excluding carboxylic acids is 4. The van der Waals surface area contributed by atoms with Gasteiger partial charge in [-0.1, -0.05) is 48.5 Å². The summed E-state index contributed by atoms with van der Waals surface area (Å²) in [6.45, 7) is 22.7. The first-order valence-electron chi connectivity index (χ1n) is 20.0. The summed E-state index contributed by atoms with van der Waals surface area (Å²) in [7, 11) is 0. The molecule has 4 rings (SSSR count). The number of nitrogens with one attached hydrogen (secondary N) is 3. The number of fused-ring (bicyclic) bond motifs is 1. The van der Waals surface area contributed by atoms with Crippen LogP contribution in [0.3, 0.4) is 0 Å². The largest absolute Gasteiger partial charge is 0.488 e. The standard InChI is InChI=1S/C46H64N4O8/c1-43(2,3)55-35-21-17-30(18-22-35)25-37(48-41(53)57-45(7,8)9)39(51)47-28-34-27-32-15-13-14-16-33(32)29-50(34)40(52)38(49-42(54)58-46(10,11)12)26-31-19-23-36(24-20-31)56-44(4,5)6/h13-24,34,37-38H,25-29H2,1-12H3,(H,47,51)(H,48,53)(H,49,54). The van der Waals surface area contributed by atoms with Crippen molar-refractivity contribution in [3.8, 4) is 11.5 Å². The maximum Gasteiger partial charge on any atom is 0.408 e. The van der Waals surface area contributed by atoms with Gasteiger partial charge in [0.1, 0.15) is 46.0 Å². The zero-order chi connectivity index (χ0) is 43.1. The lowest BCUT2D eigenvalue weighted by Crippen LogP contribution is -2.58. The highest BCUT2D eigenvalue weighted by Gasteiger charge is 2.36. The van der Waals surface area contributed by atoms with Crippen LogP contribution in [-0.2, 0) is 44.9 Å². The average molecular weight is 801 g/mol. The molecule has 4 amide bonds. The molecule has 0 saturated carbocycles. The Bertz CT molecular complexity index is 1870. The van der Waals surface area contributed by atoms with Crippen molar-refractivity contribution in [3.63, 3.8) is 0 Å². The van der Waals surface area contributed by atoms with Crippen molar-refractivity contribution in [1.82, 2.24) is 20.9 Å². The van der Waals surface area contributed by atoms with E-state index in [0.29, 0.717) is 17.9 Å². The predicted octanol–water partition coefficient (Wildman–Crippen LogP) is 7.68. The summed E-state index contributed by atoms with van der Waals surface area (Å²) >= 11 is 0. The first-order valence-corrected chi connectivity index (χ1v) is 20.0. The van der Waals surface area contributed by atoms with Crippen molar-refractivity contribution in [2.24, 2.45) is 0 Å². The highest BCUT2D eigenvalue weighted by molar-refractivity contribution is 5.88. The average Bonchev–Trinajstić information content (AvgIpc) is 3.08. The Morgan fingerprint density at radius 1 is 0.603 bits per heavy atom. The molecule has 1 aliphatic heterocycles. The van der Waals surface area contributed by atoms with Crippen molar-refractivity contribution < 1.29 is 38.1 Å². The monoisotopic (exact) mass is 800 g/mol. The molecule has 0 fully saturated rings. The van der Waals surface area contributed by atoms with Crippen molar-refractivity contribution in [2.45, 2.75) is 149 Å². The minimum Gasteiger partial charge on any atom is -0.488 e. The summed E-state index contributed by atoms with van der Waals surface area (Å²) in [6.07, 6.45) is -0.613. The SMILES string of the molecule is CC(C)(C)OC(=O)NC(Cc1ccc(OC(C)(C)C)cc1)C(=O)NCC1Cc2ccccc2CN1C(=O)C(Cc1ccc(OC(C)(C)C)cc1)NC(=O)OC(C)(C)C. The molecule has 0 saturated heterocycles. The molecular weight excluding hydrogens is 737 g/mol. The molecule has 0 aromatic heterocycles. The Morgan fingerprint density at radius 3 is 1.48 bits per heavy atom. The summed E-state index contributed by atoms with van der Waals surface area (Å²) in [5.41, 5.74) is 1.31. The van der Waals surface area contributed by atoms with Gasteiger partial charge in [0.15, 0.2) is 0 Å². The van der Waals surface area contributed by atoms with E-state index in [1.807, 2.05) is 114 Å². The van der Waals surface area contributed by atoms with E-state index in [4.69, 9.17) is 18.9 Å². The normalized spacial score (nSPS) is 15.6. The lowest BCUT2D eigenvalue weighted by molar-refractivity contribution is -0.137. The van der Waals surface area contributed by atoms with Crippen LogP contribution in [0.25, 0.3) is 0 Å². The molecule has 0 radical (unpaired) electrons. The van der Waals surface area contributed by atoms with E-state index in [9.17, 15) is 19.2 Å². The number of nitrogens with zero attached hydrogens (tertiary/aromatic N) is 1. The minimum absolute atomic E-state index is 0.0851. The summed E-state index contributed by atoms with van der Waals surface area (Å²) in [5, 5.41) is 8.63. The minimum atomic E-state index is -0.990. The zero-order valence-electron chi connectivity index (χ0n) is 36.4. The van der Waals surface area contributed by atoms with Crippen LogP contribution in [-0.4, -0.2) is 76.0 Å². The Kier molecular flexibility index (Phi) is 14.5. The number of carbonyl (C=O) groups is 4. The second-order valence-corrected chi connectivity index (χ2v) is 18.9. The Morgan fingerprint density at radius 2 is 1.03 bits per heavy atom. The lowest BCUT2D eigenvalue weighted by atomic mass is 9.92. The molecule has 3 atom stereocenters. The second kappa shape index (κ2) is 18.6. The van der Waals surface area contributed by atoms with Gasteiger partial charge in [-0.3, -0.25) is 9.59 Å². The number of amides is 4. The summed E-state index contributed by atoms with van der Waals surface area (Å²) in [6, 6.07) is 20.3. The maximum atomic E-state index is 14.7. The topological polar surface area (TPSA) is 145 Å². The third-order valence-electron chi connectivity index (χ3n) is 8.72. The fraction of sp³-hybridized carbons (Fsp3) is 0.522. The number of rotatable bonds is 12. The molecule has 58 heavy (non-hydrogen) atoms. The molecule has 0 aliphatic carbocycles. The van der Waals surface area contributed by atoms with Crippen LogP contribution in [0.15, 0.2) is 72.8 Å². The Hall–Kier alpha value is -5.26. The molecule has 3 N–H and O–H groups in total. The molecule has 12 nitrogen and oxygen atoms in total. The Balaban J connectivity index is 1.60. The predicted molar refractivity (Wildman–Crippen MR) is 225 cm³/mol. The fourth-order valence-corrected chi connectivity index (χ4v) is 6.44. The van der Waals surface area contributed by atoms with Crippen molar-refractivity contribution >= 4 is 24.0 Å². The van der Waals surface area contributed by atoms with Gasteiger partial charge in [-0.25, -0.2) is 9.59 Å². The van der Waals surface area contributed by atoms with Crippen LogP contribution in [0, 0.1) is 0 Å². The summed E-state index contributed by atoms with van der Waals surface area (Å²) < 4.78 is 23.1. The van der Waals surface area contributed by atoms with Gasteiger partial charge in [0.05, 0.1) is 6.04 Å². The molecule has 3 aromatic rings. The van der Waals surface area contributed by atoms with Crippen LogP contribution in [0.1, 0.15) is 105 Å². The van der Waals surface area contributed by atoms with Gasteiger partial charge in [0.2, 0.25) is 11.8 Å². The first kappa shape index (κ1) is 45.4. The number of hydrogen-bond acceptors (Lipinski definition) is 8. The van der Waals surface area contributed by atoms with Crippen LogP contribution in [0.4, 0.5) is 9.59 Å². The van der Waals surface area contributed by atoms with Crippen LogP contribution < -0.4 is 25.4 Å². The molecule has 3 unspecified atom stereocenters.